The third-order valence-corrected chi connectivity index (χ3v) is 3.95. The summed E-state index contributed by atoms with van der Waals surface area (Å²) in [4.78, 5) is 16.3. The number of hydrogen-bond acceptors (Lipinski definition) is 6. The van der Waals surface area contributed by atoms with Crippen LogP contribution < -0.4 is 15.4 Å². The van der Waals surface area contributed by atoms with Crippen molar-refractivity contribution >= 4 is 28.2 Å². The summed E-state index contributed by atoms with van der Waals surface area (Å²) in [5.74, 6) is 1.37. The molecular weight excluding hydrogens is 326 g/mol. The van der Waals surface area contributed by atoms with E-state index in [-0.39, 0.29) is 5.91 Å². The lowest BCUT2D eigenvalue weighted by molar-refractivity contribution is 0.0943. The summed E-state index contributed by atoms with van der Waals surface area (Å²) in [6, 6.07) is 11.3. The molecule has 3 rings (SSSR count). The average Bonchev–Trinajstić information content (AvgIpc) is 3.23. The largest absolute Gasteiger partial charge is 0.492 e. The summed E-state index contributed by atoms with van der Waals surface area (Å²) in [5, 5.41) is 12.3. The van der Waals surface area contributed by atoms with E-state index in [2.05, 4.69) is 20.7 Å². The van der Waals surface area contributed by atoms with Crippen molar-refractivity contribution in [2.75, 3.05) is 18.5 Å². The predicted octanol–water partition coefficient (Wildman–Crippen LogP) is 2.43. The lowest BCUT2D eigenvalue weighted by Gasteiger charge is -2.06. The first-order valence-corrected chi connectivity index (χ1v) is 8.27. The van der Waals surface area contributed by atoms with E-state index in [1.807, 2.05) is 43.4 Å². The van der Waals surface area contributed by atoms with Crippen molar-refractivity contribution < 1.29 is 9.53 Å². The van der Waals surface area contributed by atoms with Crippen molar-refractivity contribution in [1.82, 2.24) is 20.1 Å². The van der Waals surface area contributed by atoms with Crippen LogP contribution in [0.1, 0.15) is 10.5 Å². The Hall–Kier alpha value is -2.87. The first-order chi connectivity index (χ1) is 11.7. The normalized spacial score (nSPS) is 10.4. The van der Waals surface area contributed by atoms with E-state index in [9.17, 15) is 4.79 Å². The maximum atomic E-state index is 12.1. The second-order valence-corrected chi connectivity index (χ2v) is 5.78. The average molecular weight is 343 g/mol. The Bertz CT molecular complexity index is 800. The third-order valence-electron chi connectivity index (χ3n) is 3.19. The molecule has 0 atom stereocenters. The Kier molecular flexibility index (Phi) is 5.07. The molecule has 0 aliphatic heterocycles. The van der Waals surface area contributed by atoms with Crippen molar-refractivity contribution in [2.45, 2.75) is 0 Å². The Morgan fingerprint density at radius 2 is 2.12 bits per heavy atom. The molecule has 0 saturated heterocycles. The van der Waals surface area contributed by atoms with Crippen molar-refractivity contribution in [1.29, 1.82) is 0 Å². The lowest BCUT2D eigenvalue weighted by atomic mass is 10.3. The molecule has 8 heteroatoms. The Balaban J connectivity index is 1.46. The molecule has 0 aliphatic rings. The molecule has 24 heavy (non-hydrogen) atoms. The van der Waals surface area contributed by atoms with Crippen molar-refractivity contribution in [3.8, 4) is 5.75 Å². The number of carbonyl (C=O) groups excluding carboxylic acids is 1. The number of hydrogen-bond donors (Lipinski definition) is 2. The van der Waals surface area contributed by atoms with Crippen LogP contribution in [-0.4, -0.2) is 33.8 Å². The summed E-state index contributed by atoms with van der Waals surface area (Å²) in [5.41, 5.74) is 0.379. The fourth-order valence-corrected chi connectivity index (χ4v) is 2.68. The molecule has 0 spiro atoms. The fraction of sp³-hybridized carbons (Fsp3) is 0.188. The molecule has 3 aromatic rings. The number of aromatic nitrogens is 3. The molecule has 0 aliphatic carbocycles. The van der Waals surface area contributed by atoms with Crippen LogP contribution in [0, 0.1) is 0 Å². The van der Waals surface area contributed by atoms with Gasteiger partial charge in [-0.25, -0.2) is 4.98 Å². The highest BCUT2D eigenvalue weighted by Gasteiger charge is 2.11. The lowest BCUT2D eigenvalue weighted by Crippen LogP contribution is -2.28. The molecular formula is C16H17N5O2S. The number of rotatable bonds is 7. The van der Waals surface area contributed by atoms with E-state index in [1.54, 1.807) is 16.3 Å². The van der Waals surface area contributed by atoms with Crippen LogP contribution in [0.5, 0.6) is 5.75 Å². The monoisotopic (exact) mass is 343 g/mol. The quantitative estimate of drug-likeness (QED) is 0.644. The van der Waals surface area contributed by atoms with Gasteiger partial charge in [-0.2, -0.15) is 5.10 Å². The molecule has 2 N–H and O–H groups in total. The van der Waals surface area contributed by atoms with Crippen molar-refractivity contribution in [2.24, 2.45) is 7.05 Å². The number of nitrogens with one attached hydrogen (secondary N) is 2. The molecule has 0 unspecified atom stereocenters. The van der Waals surface area contributed by atoms with Gasteiger partial charge in [0.2, 0.25) is 0 Å². The molecule has 7 nitrogen and oxygen atoms in total. The minimum Gasteiger partial charge on any atom is -0.492 e. The van der Waals surface area contributed by atoms with E-state index >= 15 is 0 Å². The van der Waals surface area contributed by atoms with Crippen LogP contribution in [0.3, 0.4) is 0 Å². The van der Waals surface area contributed by atoms with Crippen molar-refractivity contribution in [3.05, 3.63) is 53.7 Å². The summed E-state index contributed by atoms with van der Waals surface area (Å²) in [6.45, 7) is 0.815. The van der Waals surface area contributed by atoms with E-state index in [1.165, 1.54) is 11.3 Å². The molecule has 0 fully saturated rings. The van der Waals surface area contributed by atoms with Gasteiger partial charge < -0.3 is 15.4 Å². The summed E-state index contributed by atoms with van der Waals surface area (Å²) >= 11 is 1.37. The topological polar surface area (TPSA) is 81.1 Å². The zero-order valence-electron chi connectivity index (χ0n) is 13.1. The summed E-state index contributed by atoms with van der Waals surface area (Å²) in [6.07, 6.45) is 1.69. The first kappa shape index (κ1) is 16.0. The maximum absolute atomic E-state index is 12.1. The number of anilines is 2. The van der Waals surface area contributed by atoms with Crippen LogP contribution in [-0.2, 0) is 7.05 Å². The number of amides is 1. The molecule has 2 aromatic heterocycles. The molecule has 124 valence electrons. The molecule has 0 radical (unpaired) electrons. The molecule has 2 heterocycles. The van der Waals surface area contributed by atoms with Gasteiger partial charge in [0.15, 0.2) is 5.13 Å². The van der Waals surface area contributed by atoms with Gasteiger partial charge >= 0.3 is 0 Å². The zero-order valence-corrected chi connectivity index (χ0v) is 13.9. The van der Waals surface area contributed by atoms with Crippen LogP contribution in [0.15, 0.2) is 48.0 Å². The molecule has 1 aromatic carbocycles. The van der Waals surface area contributed by atoms with E-state index in [0.717, 1.165) is 11.6 Å². The Morgan fingerprint density at radius 3 is 2.88 bits per heavy atom. The zero-order chi connectivity index (χ0) is 16.8. The second-order valence-electron chi connectivity index (χ2n) is 4.92. The van der Waals surface area contributed by atoms with Crippen LogP contribution in [0.4, 0.5) is 10.9 Å². The highest BCUT2D eigenvalue weighted by atomic mass is 32.1. The van der Waals surface area contributed by atoms with Crippen LogP contribution >= 0.6 is 11.3 Å². The minimum atomic E-state index is -0.221. The van der Waals surface area contributed by atoms with Gasteiger partial charge in [0.05, 0.1) is 12.7 Å². The minimum absolute atomic E-state index is 0.221. The van der Waals surface area contributed by atoms with Gasteiger partial charge in [0.25, 0.3) is 5.91 Å². The second kappa shape index (κ2) is 7.60. The number of ether oxygens (including phenoxy) is 1. The van der Waals surface area contributed by atoms with Gasteiger partial charge in [0, 0.05) is 18.5 Å². The number of para-hydroxylation sites is 1. The number of benzene rings is 1. The predicted molar refractivity (Wildman–Crippen MR) is 92.9 cm³/mol. The highest BCUT2D eigenvalue weighted by Crippen LogP contribution is 2.20. The third kappa shape index (κ3) is 4.11. The summed E-state index contributed by atoms with van der Waals surface area (Å²) < 4.78 is 7.22. The standard InChI is InChI=1S/C16H17N5O2S/c1-21-14(7-8-18-21)20-16-19-13(11-24-16)15(22)17-9-10-23-12-5-3-2-4-6-12/h2-8,11H,9-10H2,1H3,(H,17,22)(H,19,20). The van der Waals surface area contributed by atoms with Gasteiger partial charge in [-0.1, -0.05) is 18.2 Å². The van der Waals surface area contributed by atoms with Crippen LogP contribution in [0.2, 0.25) is 0 Å². The van der Waals surface area contributed by atoms with Gasteiger partial charge in [-0.05, 0) is 12.1 Å². The number of aryl methyl sites for hydroxylation is 1. The number of thiazole rings is 1. The van der Waals surface area contributed by atoms with Crippen molar-refractivity contribution in [3.63, 3.8) is 0 Å². The van der Waals surface area contributed by atoms with Gasteiger partial charge in [-0.3, -0.25) is 9.48 Å². The van der Waals surface area contributed by atoms with E-state index in [0.29, 0.717) is 24.0 Å². The molecule has 1 amide bonds. The Labute approximate surface area is 143 Å². The van der Waals surface area contributed by atoms with Crippen LogP contribution in [0.25, 0.3) is 0 Å². The first-order valence-electron chi connectivity index (χ1n) is 7.39. The van der Waals surface area contributed by atoms with Gasteiger partial charge in [-0.15, -0.1) is 11.3 Å². The van der Waals surface area contributed by atoms with E-state index in [4.69, 9.17) is 4.74 Å². The Morgan fingerprint density at radius 1 is 1.29 bits per heavy atom. The fourth-order valence-electron chi connectivity index (χ4n) is 1.98. The maximum Gasteiger partial charge on any atom is 0.270 e. The molecule has 0 saturated carbocycles. The SMILES string of the molecule is Cn1nccc1Nc1nc(C(=O)NCCOc2ccccc2)cs1. The highest BCUT2D eigenvalue weighted by molar-refractivity contribution is 7.14. The number of nitrogens with zero attached hydrogens (tertiary/aromatic N) is 3. The number of carbonyl (C=O) groups is 1. The van der Waals surface area contributed by atoms with E-state index < -0.39 is 0 Å². The summed E-state index contributed by atoms with van der Waals surface area (Å²) in [7, 11) is 1.83. The smallest absolute Gasteiger partial charge is 0.270 e. The van der Waals surface area contributed by atoms with Gasteiger partial charge in [0.1, 0.15) is 23.9 Å². The molecule has 0 bridgehead atoms.